The molecular formula is C26H22N6O2. The van der Waals surface area contributed by atoms with Crippen LogP contribution in [0.2, 0.25) is 0 Å². The van der Waals surface area contributed by atoms with Crippen molar-refractivity contribution < 1.29 is 9.53 Å². The molecule has 0 spiro atoms. The molecule has 8 nitrogen and oxygen atoms in total. The zero-order chi connectivity index (χ0) is 23.5. The molecule has 0 aliphatic rings. The highest BCUT2D eigenvalue weighted by atomic mass is 16.5. The molecule has 168 valence electrons. The van der Waals surface area contributed by atoms with Crippen LogP contribution in [-0.2, 0) is 0 Å². The lowest BCUT2D eigenvalue weighted by molar-refractivity contribution is 0.102. The minimum atomic E-state index is -0.260. The third-order valence-electron chi connectivity index (χ3n) is 5.22. The number of aromatic nitrogens is 5. The Bertz CT molecular complexity index is 1450. The van der Waals surface area contributed by atoms with Gasteiger partial charge in [-0.25, -0.2) is 14.6 Å². The van der Waals surface area contributed by atoms with E-state index in [0.717, 1.165) is 5.56 Å². The van der Waals surface area contributed by atoms with E-state index in [9.17, 15) is 4.79 Å². The number of nitrogens with zero attached hydrogens (tertiary/aromatic N) is 5. The van der Waals surface area contributed by atoms with Crippen molar-refractivity contribution in [3.05, 3.63) is 91.0 Å². The fourth-order valence-corrected chi connectivity index (χ4v) is 3.64. The van der Waals surface area contributed by atoms with Crippen LogP contribution in [0, 0.1) is 0 Å². The second-order valence-electron chi connectivity index (χ2n) is 7.97. The Morgan fingerprint density at radius 2 is 1.85 bits per heavy atom. The average Bonchev–Trinajstić information content (AvgIpc) is 3.29. The van der Waals surface area contributed by atoms with Gasteiger partial charge in [0.05, 0.1) is 29.0 Å². The number of benzene rings is 2. The van der Waals surface area contributed by atoms with Gasteiger partial charge in [-0.1, -0.05) is 36.4 Å². The average molecular weight is 451 g/mol. The Labute approximate surface area is 196 Å². The van der Waals surface area contributed by atoms with E-state index in [4.69, 9.17) is 9.72 Å². The molecule has 0 fully saturated rings. The highest BCUT2D eigenvalue weighted by Crippen LogP contribution is 2.28. The zero-order valence-corrected chi connectivity index (χ0v) is 18.7. The van der Waals surface area contributed by atoms with Crippen molar-refractivity contribution in [1.82, 2.24) is 24.7 Å². The van der Waals surface area contributed by atoms with E-state index in [0.29, 0.717) is 39.6 Å². The van der Waals surface area contributed by atoms with Crippen molar-refractivity contribution in [3.8, 4) is 22.9 Å². The molecule has 5 aromatic rings. The van der Waals surface area contributed by atoms with Crippen LogP contribution in [0.5, 0.6) is 11.6 Å². The first-order valence-electron chi connectivity index (χ1n) is 10.9. The second-order valence-corrected chi connectivity index (χ2v) is 7.97. The molecule has 1 amide bonds. The number of nitrogens with one attached hydrogen (secondary N) is 1. The minimum absolute atomic E-state index is 0.0989. The second kappa shape index (κ2) is 9.11. The Morgan fingerprint density at radius 1 is 1.00 bits per heavy atom. The summed E-state index contributed by atoms with van der Waals surface area (Å²) in [5.41, 5.74) is 3.39. The van der Waals surface area contributed by atoms with E-state index in [-0.39, 0.29) is 11.9 Å². The van der Waals surface area contributed by atoms with Gasteiger partial charge in [-0.05, 0) is 32.0 Å². The largest absolute Gasteiger partial charge is 0.437 e. The fourth-order valence-electron chi connectivity index (χ4n) is 3.64. The molecule has 34 heavy (non-hydrogen) atoms. The van der Waals surface area contributed by atoms with Crippen molar-refractivity contribution in [3.63, 3.8) is 0 Å². The molecule has 8 heteroatoms. The van der Waals surface area contributed by atoms with Gasteiger partial charge in [0.15, 0.2) is 5.65 Å². The van der Waals surface area contributed by atoms with Gasteiger partial charge in [-0.3, -0.25) is 9.78 Å². The molecule has 3 aromatic heterocycles. The number of anilines is 1. The van der Waals surface area contributed by atoms with Crippen molar-refractivity contribution in [2.75, 3.05) is 5.32 Å². The topological polar surface area (TPSA) is 94.8 Å². The predicted molar refractivity (Wildman–Crippen MR) is 130 cm³/mol. The van der Waals surface area contributed by atoms with Gasteiger partial charge in [-0.2, -0.15) is 5.10 Å². The van der Waals surface area contributed by atoms with Gasteiger partial charge in [-0.15, -0.1) is 0 Å². The van der Waals surface area contributed by atoms with E-state index in [2.05, 4.69) is 20.4 Å². The Kier molecular flexibility index (Phi) is 5.70. The first-order valence-corrected chi connectivity index (χ1v) is 10.9. The van der Waals surface area contributed by atoms with Crippen LogP contribution in [0.15, 0.2) is 85.5 Å². The van der Waals surface area contributed by atoms with Crippen LogP contribution in [0.4, 0.5) is 5.69 Å². The van der Waals surface area contributed by atoms with Gasteiger partial charge in [0, 0.05) is 35.8 Å². The maximum Gasteiger partial charge on any atom is 0.256 e. The van der Waals surface area contributed by atoms with E-state index in [1.165, 1.54) is 6.20 Å². The molecule has 0 radical (unpaired) electrons. The maximum atomic E-state index is 13.4. The third-order valence-corrected chi connectivity index (χ3v) is 5.22. The molecule has 0 bridgehead atoms. The summed E-state index contributed by atoms with van der Waals surface area (Å²) < 4.78 is 7.56. The van der Waals surface area contributed by atoms with Crippen LogP contribution in [0.3, 0.4) is 0 Å². The monoisotopic (exact) mass is 450 g/mol. The lowest BCUT2D eigenvalue weighted by Gasteiger charge is -2.12. The Hall–Kier alpha value is -4.59. The van der Waals surface area contributed by atoms with Gasteiger partial charge in [0.2, 0.25) is 5.88 Å². The van der Waals surface area contributed by atoms with Gasteiger partial charge in [0.25, 0.3) is 5.91 Å². The minimum Gasteiger partial charge on any atom is -0.437 e. The number of carbonyl (C=O) groups is 1. The summed E-state index contributed by atoms with van der Waals surface area (Å²) in [6.45, 7) is 4.07. The summed E-state index contributed by atoms with van der Waals surface area (Å²) in [5.74, 6) is 0.649. The number of carbonyl (C=O) groups excluding carboxylic acids is 1. The highest BCUT2D eigenvalue weighted by Gasteiger charge is 2.19. The fraction of sp³-hybridized carbons (Fsp3) is 0.115. The first-order chi connectivity index (χ1) is 16.6. The Morgan fingerprint density at radius 3 is 2.62 bits per heavy atom. The lowest BCUT2D eigenvalue weighted by atomic mass is 10.1. The molecule has 0 unspecified atom stereocenters. The number of hydrogen-bond donors (Lipinski definition) is 1. The lowest BCUT2D eigenvalue weighted by Crippen LogP contribution is -2.13. The van der Waals surface area contributed by atoms with Crippen LogP contribution in [-0.4, -0.2) is 30.6 Å². The number of fused-ring (bicyclic) bond motifs is 1. The van der Waals surface area contributed by atoms with Crippen molar-refractivity contribution in [2.45, 2.75) is 19.9 Å². The molecular weight excluding hydrogens is 428 g/mol. The van der Waals surface area contributed by atoms with Crippen LogP contribution in [0.1, 0.15) is 30.2 Å². The van der Waals surface area contributed by atoms with Gasteiger partial charge >= 0.3 is 0 Å². The number of hydrogen-bond acceptors (Lipinski definition) is 6. The molecule has 3 heterocycles. The van der Waals surface area contributed by atoms with Gasteiger partial charge < -0.3 is 10.1 Å². The molecule has 0 saturated heterocycles. The first kappa shape index (κ1) is 21.3. The standard InChI is InChI=1S/C26H22N6O2/c1-17(2)32-25-22(15-29-32)21(14-23(31-25)18-7-4-3-5-8-18)26(33)30-19-9-6-10-20(13-19)34-24-16-27-11-12-28-24/h3-17H,1-2H3,(H,30,33). The van der Waals surface area contributed by atoms with Gasteiger partial charge in [0.1, 0.15) is 5.75 Å². The molecule has 0 atom stereocenters. The van der Waals surface area contributed by atoms with E-state index >= 15 is 0 Å². The molecule has 0 saturated carbocycles. The van der Waals surface area contributed by atoms with Crippen molar-refractivity contribution >= 4 is 22.6 Å². The number of pyridine rings is 1. The highest BCUT2D eigenvalue weighted by molar-refractivity contribution is 6.12. The number of amides is 1. The van der Waals surface area contributed by atoms with Crippen LogP contribution >= 0.6 is 0 Å². The summed E-state index contributed by atoms with van der Waals surface area (Å²) >= 11 is 0. The summed E-state index contributed by atoms with van der Waals surface area (Å²) in [7, 11) is 0. The summed E-state index contributed by atoms with van der Waals surface area (Å²) in [4.78, 5) is 26.4. The van der Waals surface area contributed by atoms with E-state index in [1.54, 1.807) is 48.9 Å². The number of rotatable bonds is 6. The quantitative estimate of drug-likeness (QED) is 0.366. The summed E-state index contributed by atoms with van der Waals surface area (Å²) in [5, 5.41) is 8.15. The normalized spacial score (nSPS) is 11.0. The third kappa shape index (κ3) is 4.33. The van der Waals surface area contributed by atoms with E-state index in [1.807, 2.05) is 48.9 Å². The van der Waals surface area contributed by atoms with Crippen molar-refractivity contribution in [2.24, 2.45) is 0 Å². The predicted octanol–water partition coefficient (Wildman–Crippen LogP) is 5.51. The summed E-state index contributed by atoms with van der Waals surface area (Å²) in [6, 6.07) is 18.8. The van der Waals surface area contributed by atoms with E-state index < -0.39 is 0 Å². The zero-order valence-electron chi connectivity index (χ0n) is 18.7. The smallest absolute Gasteiger partial charge is 0.256 e. The maximum absolute atomic E-state index is 13.4. The Balaban J connectivity index is 1.50. The van der Waals surface area contributed by atoms with Crippen LogP contribution in [0.25, 0.3) is 22.3 Å². The number of ether oxygens (including phenoxy) is 1. The van der Waals surface area contributed by atoms with Crippen molar-refractivity contribution in [1.29, 1.82) is 0 Å². The summed E-state index contributed by atoms with van der Waals surface area (Å²) in [6.07, 6.45) is 6.34. The molecule has 0 aliphatic carbocycles. The molecule has 5 rings (SSSR count). The van der Waals surface area contributed by atoms with Crippen LogP contribution < -0.4 is 10.1 Å². The molecule has 2 aromatic carbocycles. The SMILES string of the molecule is CC(C)n1ncc2c(C(=O)Nc3cccc(Oc4cnccn4)c3)cc(-c3ccccc3)nc21. The molecule has 1 N–H and O–H groups in total. The molecule has 0 aliphatic heterocycles.